The Balaban J connectivity index is 4.57. The van der Waals surface area contributed by atoms with E-state index >= 15 is 0 Å². The molecule has 80 valence electrons. The monoisotopic (exact) mass is 222 g/mol. The maximum Gasteiger partial charge on any atom is 0.218 e. The summed E-state index contributed by atoms with van der Waals surface area (Å²) in [4.78, 5) is 0. The number of nitrogens with zero attached hydrogens (tertiary/aromatic N) is 2. The van der Waals surface area contributed by atoms with Gasteiger partial charge >= 0.3 is 0 Å². The van der Waals surface area contributed by atoms with E-state index < -0.39 is 8.40 Å². The van der Waals surface area contributed by atoms with Gasteiger partial charge in [0.15, 0.2) is 0 Å². The molecule has 0 aliphatic carbocycles. The fraction of sp³-hybridized carbons (Fsp3) is 1.00. The van der Waals surface area contributed by atoms with Crippen molar-refractivity contribution in [2.24, 2.45) is 0 Å². The fourth-order valence-electron chi connectivity index (χ4n) is 1.67. The van der Waals surface area contributed by atoms with Gasteiger partial charge in [0.1, 0.15) is 0 Å². The molecule has 0 aromatic heterocycles. The normalized spacial score (nSPS) is 16.6. The zero-order valence-corrected chi connectivity index (χ0v) is 11.4. The zero-order valence-electron chi connectivity index (χ0n) is 9.60. The number of hydrogen-bond acceptors (Lipinski definition) is 2. The lowest BCUT2D eigenvalue weighted by atomic mass is 10.7. The molecular weight excluding hydrogens is 200 g/mol. The first-order valence-corrected chi connectivity index (χ1v) is 8.22. The average Bonchev–Trinajstić information content (AvgIpc) is 2.17. The molecule has 0 amide bonds. The maximum absolute atomic E-state index is 6.11. The van der Waals surface area contributed by atoms with E-state index in [1.165, 1.54) is 0 Å². The average molecular weight is 223 g/mol. The van der Waals surface area contributed by atoms with Crippen molar-refractivity contribution in [3.05, 3.63) is 0 Å². The van der Waals surface area contributed by atoms with Crippen LogP contribution in [0.4, 0.5) is 0 Å². The first kappa shape index (κ1) is 13.4. The van der Waals surface area contributed by atoms with Gasteiger partial charge in [0.05, 0.1) is 0 Å². The molecule has 0 radical (unpaired) electrons. The van der Waals surface area contributed by atoms with Crippen molar-refractivity contribution in [2.45, 2.75) is 27.3 Å². The Labute approximate surface area is 89.0 Å². The predicted molar refractivity (Wildman–Crippen MR) is 63.6 cm³/mol. The summed E-state index contributed by atoms with van der Waals surface area (Å²) in [6.45, 7) is 12.3. The highest BCUT2D eigenvalue weighted by Crippen LogP contribution is 2.15. The summed E-state index contributed by atoms with van der Waals surface area (Å²) in [6.07, 6.45) is 0. The number of halogens is 1. The second-order valence-electron chi connectivity index (χ2n) is 3.54. The third-order valence-corrected chi connectivity index (χ3v) is 8.98. The van der Waals surface area contributed by atoms with Gasteiger partial charge in [0, 0.05) is 5.50 Å². The van der Waals surface area contributed by atoms with Crippen LogP contribution in [0.25, 0.3) is 0 Å². The Hall–Kier alpha value is 0.427. The molecule has 1 atom stereocenters. The fourth-order valence-corrected chi connectivity index (χ4v) is 5.69. The van der Waals surface area contributed by atoms with E-state index in [1.54, 1.807) is 0 Å². The zero-order chi connectivity index (χ0) is 10.5. The Kier molecular flexibility index (Phi) is 6.21. The van der Waals surface area contributed by atoms with Crippen molar-refractivity contribution in [2.75, 3.05) is 32.2 Å². The maximum atomic E-state index is 6.11. The van der Waals surface area contributed by atoms with E-state index in [2.05, 4.69) is 43.5 Å². The van der Waals surface area contributed by atoms with Gasteiger partial charge in [-0.15, -0.1) is 11.6 Å². The minimum atomic E-state index is -1.52. The Bertz CT molecular complexity index is 142. The lowest BCUT2D eigenvalue weighted by molar-refractivity contribution is 0.386. The molecule has 0 aromatic carbocycles. The van der Waals surface area contributed by atoms with Crippen molar-refractivity contribution in [3.63, 3.8) is 0 Å². The van der Waals surface area contributed by atoms with Crippen LogP contribution in [0.2, 0.25) is 6.55 Å². The summed E-state index contributed by atoms with van der Waals surface area (Å²) < 4.78 is 4.97. The SMILES string of the molecule is CCN(C)[Si](C)(CCl)N(CC)CC. The van der Waals surface area contributed by atoms with Crippen LogP contribution >= 0.6 is 11.6 Å². The van der Waals surface area contributed by atoms with Crippen molar-refractivity contribution >= 4 is 20.0 Å². The second kappa shape index (κ2) is 6.01. The van der Waals surface area contributed by atoms with Gasteiger partial charge in [-0.2, -0.15) is 0 Å². The molecule has 4 heteroatoms. The summed E-state index contributed by atoms with van der Waals surface area (Å²) >= 11 is 6.11. The number of rotatable bonds is 6. The summed E-state index contributed by atoms with van der Waals surface area (Å²) in [5.74, 6) is 0. The summed E-state index contributed by atoms with van der Waals surface area (Å²) in [5.41, 5.74) is 0.791. The van der Waals surface area contributed by atoms with E-state index in [0.29, 0.717) is 0 Å². The quantitative estimate of drug-likeness (QED) is 0.502. The van der Waals surface area contributed by atoms with Crippen LogP contribution in [-0.2, 0) is 0 Å². The van der Waals surface area contributed by atoms with Gasteiger partial charge in [-0.25, -0.2) is 0 Å². The molecular formula is C9H23ClN2Si. The minimum Gasteiger partial charge on any atom is -0.314 e. The standard InChI is InChI=1S/C9H23ClN2Si/c1-6-11(4)13(5,9-10)12(7-2)8-3/h6-9H2,1-5H3. The third kappa shape index (κ3) is 2.94. The molecule has 0 heterocycles. The van der Waals surface area contributed by atoms with Crippen LogP contribution in [0.15, 0.2) is 0 Å². The molecule has 0 bridgehead atoms. The highest BCUT2D eigenvalue weighted by atomic mass is 35.5. The van der Waals surface area contributed by atoms with Gasteiger partial charge in [-0.05, 0) is 33.2 Å². The Morgan fingerprint density at radius 3 is 1.77 bits per heavy atom. The molecule has 2 nitrogen and oxygen atoms in total. The van der Waals surface area contributed by atoms with Gasteiger partial charge in [-0.3, -0.25) is 0 Å². The van der Waals surface area contributed by atoms with Crippen LogP contribution in [0.1, 0.15) is 20.8 Å². The highest BCUT2D eigenvalue weighted by molar-refractivity contribution is 6.79. The third-order valence-electron chi connectivity index (χ3n) is 2.99. The topological polar surface area (TPSA) is 6.48 Å². The highest BCUT2D eigenvalue weighted by Gasteiger charge is 2.36. The van der Waals surface area contributed by atoms with Crippen LogP contribution in [-0.4, -0.2) is 49.7 Å². The summed E-state index contributed by atoms with van der Waals surface area (Å²) in [7, 11) is 0.663. The van der Waals surface area contributed by atoms with E-state index in [9.17, 15) is 0 Å². The van der Waals surface area contributed by atoms with Gasteiger partial charge < -0.3 is 9.13 Å². The van der Waals surface area contributed by atoms with E-state index in [4.69, 9.17) is 11.6 Å². The van der Waals surface area contributed by atoms with Crippen molar-refractivity contribution in [1.82, 2.24) is 9.13 Å². The van der Waals surface area contributed by atoms with Gasteiger partial charge in [-0.1, -0.05) is 20.8 Å². The molecule has 13 heavy (non-hydrogen) atoms. The van der Waals surface area contributed by atoms with Crippen molar-refractivity contribution < 1.29 is 0 Å². The first-order chi connectivity index (χ1) is 6.06. The molecule has 1 unspecified atom stereocenters. The Morgan fingerprint density at radius 1 is 1.08 bits per heavy atom. The number of alkyl halides is 1. The summed E-state index contributed by atoms with van der Waals surface area (Å²) in [6, 6.07) is 0. The molecule has 0 aliphatic rings. The smallest absolute Gasteiger partial charge is 0.218 e. The molecule has 0 saturated heterocycles. The minimum absolute atomic E-state index is 0.791. The van der Waals surface area contributed by atoms with Gasteiger partial charge in [0.2, 0.25) is 8.40 Å². The molecule has 0 aromatic rings. The van der Waals surface area contributed by atoms with Crippen LogP contribution in [0.3, 0.4) is 0 Å². The van der Waals surface area contributed by atoms with Crippen molar-refractivity contribution in [3.8, 4) is 0 Å². The van der Waals surface area contributed by atoms with Crippen molar-refractivity contribution in [1.29, 1.82) is 0 Å². The van der Waals surface area contributed by atoms with Crippen LogP contribution in [0, 0.1) is 0 Å². The van der Waals surface area contributed by atoms with Gasteiger partial charge in [0.25, 0.3) is 0 Å². The molecule has 0 spiro atoms. The molecule has 0 rings (SSSR count). The van der Waals surface area contributed by atoms with E-state index in [0.717, 1.165) is 25.1 Å². The molecule has 0 N–H and O–H groups in total. The lowest BCUT2D eigenvalue weighted by Crippen LogP contribution is -2.64. The summed E-state index contributed by atoms with van der Waals surface area (Å²) in [5, 5.41) is 0. The second-order valence-corrected chi connectivity index (χ2v) is 8.44. The molecule has 0 aliphatic heterocycles. The number of hydrogen-bond donors (Lipinski definition) is 0. The first-order valence-electron chi connectivity index (χ1n) is 5.09. The Morgan fingerprint density at radius 2 is 1.54 bits per heavy atom. The van der Waals surface area contributed by atoms with Crippen LogP contribution in [0.5, 0.6) is 0 Å². The molecule has 0 saturated carbocycles. The van der Waals surface area contributed by atoms with E-state index in [-0.39, 0.29) is 0 Å². The van der Waals surface area contributed by atoms with Crippen LogP contribution < -0.4 is 0 Å². The predicted octanol–water partition coefficient (Wildman–Crippen LogP) is 2.13. The van der Waals surface area contributed by atoms with E-state index in [1.807, 2.05) is 0 Å². The lowest BCUT2D eigenvalue weighted by Gasteiger charge is -2.43. The largest absolute Gasteiger partial charge is 0.314 e. The molecule has 0 fully saturated rings.